The van der Waals surface area contributed by atoms with Crippen LogP contribution in [-0.4, -0.2) is 25.0 Å². The summed E-state index contributed by atoms with van der Waals surface area (Å²) in [4.78, 5) is 25.2. The van der Waals surface area contributed by atoms with Gasteiger partial charge in [0.1, 0.15) is 6.54 Å². The van der Waals surface area contributed by atoms with E-state index in [1.165, 1.54) is 12.1 Å². The maximum absolute atomic E-state index is 12.9. The van der Waals surface area contributed by atoms with Crippen molar-refractivity contribution in [2.45, 2.75) is 12.4 Å². The highest BCUT2D eigenvalue weighted by Crippen LogP contribution is 2.36. The molecule has 0 unspecified atom stereocenters. The number of alkyl halides is 6. The fourth-order valence-corrected chi connectivity index (χ4v) is 2.36. The summed E-state index contributed by atoms with van der Waals surface area (Å²) in [5.41, 5.74) is -4.10. The fraction of sp³-hybridized carbons (Fsp3) is 0.211. The van der Waals surface area contributed by atoms with Gasteiger partial charge in [-0.15, -0.1) is 0 Å². The number of esters is 1. The van der Waals surface area contributed by atoms with Gasteiger partial charge in [0, 0.05) is 5.69 Å². The first-order chi connectivity index (χ1) is 13.9. The number of anilines is 1. The number of benzene rings is 2. The Bertz CT molecular complexity index is 933. The van der Waals surface area contributed by atoms with Gasteiger partial charge in [0.25, 0.3) is 5.91 Å². The van der Waals surface area contributed by atoms with Crippen LogP contribution in [0.4, 0.5) is 32.0 Å². The second-order valence-electron chi connectivity index (χ2n) is 5.84. The first-order valence-corrected chi connectivity index (χ1v) is 8.12. The normalized spacial score (nSPS) is 11.5. The van der Waals surface area contributed by atoms with Crippen LogP contribution in [-0.2, 0) is 21.9 Å². The molecule has 0 aliphatic carbocycles. The van der Waals surface area contributed by atoms with Crippen LogP contribution >= 0.6 is 0 Å². The van der Waals surface area contributed by atoms with Crippen LogP contribution in [0.3, 0.4) is 0 Å². The molecule has 0 spiro atoms. The van der Waals surface area contributed by atoms with Crippen LogP contribution in [0.5, 0.6) is 0 Å². The summed E-state index contributed by atoms with van der Waals surface area (Å²) in [6, 6.07) is 9.75. The van der Waals surface area contributed by atoms with Gasteiger partial charge in [0.05, 0.1) is 22.8 Å². The summed E-state index contributed by atoms with van der Waals surface area (Å²) in [6.07, 6.45) is -10.3. The van der Waals surface area contributed by atoms with Gasteiger partial charge >= 0.3 is 18.3 Å². The molecule has 0 saturated heterocycles. The monoisotopic (exact) mass is 430 g/mol. The number of ether oxygens (including phenoxy) is 1. The predicted molar refractivity (Wildman–Crippen MR) is 91.1 cm³/mol. The molecule has 5 nitrogen and oxygen atoms in total. The van der Waals surface area contributed by atoms with E-state index in [0.717, 1.165) is 4.90 Å². The summed E-state index contributed by atoms with van der Waals surface area (Å²) in [6.45, 7) is -1.41. The molecule has 0 atom stereocenters. The van der Waals surface area contributed by atoms with Crippen LogP contribution in [0.15, 0.2) is 48.5 Å². The number of carbonyl (C=O) groups excluding carboxylic acids is 2. The molecule has 0 bridgehead atoms. The molecular weight excluding hydrogens is 418 g/mol. The van der Waals surface area contributed by atoms with Gasteiger partial charge in [-0.1, -0.05) is 18.2 Å². The van der Waals surface area contributed by atoms with E-state index in [1.807, 2.05) is 0 Å². The molecular formula is C19H12F6N2O3. The van der Waals surface area contributed by atoms with Crippen LogP contribution in [0.1, 0.15) is 21.5 Å². The summed E-state index contributed by atoms with van der Waals surface area (Å²) >= 11 is 0. The Kier molecular flexibility index (Phi) is 6.71. The summed E-state index contributed by atoms with van der Waals surface area (Å²) in [5.74, 6) is -2.44. The average Bonchev–Trinajstić information content (AvgIpc) is 2.69. The van der Waals surface area contributed by atoms with E-state index in [-0.39, 0.29) is 18.2 Å². The Morgan fingerprint density at radius 1 is 0.933 bits per heavy atom. The largest absolute Gasteiger partial charge is 0.452 e. The number of para-hydroxylation sites is 1. The third-order valence-electron chi connectivity index (χ3n) is 3.75. The molecule has 2 rings (SSSR count). The molecule has 0 N–H and O–H groups in total. The highest BCUT2D eigenvalue weighted by Gasteiger charge is 2.37. The molecule has 2 aromatic rings. The van der Waals surface area contributed by atoms with Gasteiger partial charge in [0.15, 0.2) is 6.61 Å². The van der Waals surface area contributed by atoms with Crippen LogP contribution in [0.2, 0.25) is 0 Å². The van der Waals surface area contributed by atoms with Gasteiger partial charge in [-0.3, -0.25) is 9.69 Å². The lowest BCUT2D eigenvalue weighted by Gasteiger charge is -2.19. The maximum atomic E-state index is 12.9. The third kappa shape index (κ3) is 5.73. The van der Waals surface area contributed by atoms with Crippen molar-refractivity contribution in [3.05, 3.63) is 65.2 Å². The minimum absolute atomic E-state index is 0.133. The van der Waals surface area contributed by atoms with E-state index in [2.05, 4.69) is 4.74 Å². The van der Waals surface area contributed by atoms with Crippen molar-refractivity contribution in [3.8, 4) is 6.07 Å². The van der Waals surface area contributed by atoms with E-state index in [0.29, 0.717) is 5.69 Å². The predicted octanol–water partition coefficient (Wildman–Crippen LogP) is 4.44. The van der Waals surface area contributed by atoms with Gasteiger partial charge in [-0.05, 0) is 30.3 Å². The van der Waals surface area contributed by atoms with Crippen molar-refractivity contribution >= 4 is 17.6 Å². The summed E-state index contributed by atoms with van der Waals surface area (Å²) in [7, 11) is 0. The minimum atomic E-state index is -5.14. The highest BCUT2D eigenvalue weighted by molar-refractivity contribution is 5.97. The molecule has 158 valence electrons. The van der Waals surface area contributed by atoms with E-state index in [4.69, 9.17) is 5.26 Å². The number of nitriles is 1. The van der Waals surface area contributed by atoms with Gasteiger partial charge in [0.2, 0.25) is 0 Å². The molecule has 0 aliphatic rings. The SMILES string of the molecule is N#CCN(C(=O)COC(=O)c1cc(C(F)(F)F)cc(C(F)(F)F)c1)c1ccccc1. The fourth-order valence-electron chi connectivity index (χ4n) is 2.36. The number of halogens is 6. The quantitative estimate of drug-likeness (QED) is 0.400. The second-order valence-corrected chi connectivity index (χ2v) is 5.84. The van der Waals surface area contributed by atoms with Crippen molar-refractivity contribution < 1.29 is 40.7 Å². The van der Waals surface area contributed by atoms with Crippen molar-refractivity contribution in [2.24, 2.45) is 0 Å². The first-order valence-electron chi connectivity index (χ1n) is 8.12. The molecule has 0 aromatic heterocycles. The smallest absolute Gasteiger partial charge is 0.416 e. The number of amides is 1. The van der Waals surface area contributed by atoms with Crippen molar-refractivity contribution in [3.63, 3.8) is 0 Å². The van der Waals surface area contributed by atoms with Gasteiger partial charge in [-0.25, -0.2) is 4.79 Å². The van der Waals surface area contributed by atoms with E-state index in [1.54, 1.807) is 24.3 Å². The Morgan fingerprint density at radius 3 is 1.93 bits per heavy atom. The molecule has 30 heavy (non-hydrogen) atoms. The molecule has 0 fully saturated rings. The topological polar surface area (TPSA) is 70.4 Å². The van der Waals surface area contributed by atoms with Crippen molar-refractivity contribution in [2.75, 3.05) is 18.1 Å². The summed E-state index contributed by atoms with van der Waals surface area (Å²) < 4.78 is 81.9. The molecule has 0 heterocycles. The number of hydrogen-bond acceptors (Lipinski definition) is 4. The molecule has 2 aromatic carbocycles. The Hall–Kier alpha value is -3.55. The standard InChI is InChI=1S/C19H12F6N2O3/c20-18(21,22)13-8-12(9-14(10-13)19(23,24)25)17(29)30-11-16(28)27(7-6-26)15-4-2-1-3-5-15/h1-5,8-10H,7,11H2. The lowest BCUT2D eigenvalue weighted by molar-refractivity contribution is -0.143. The zero-order chi connectivity index (χ0) is 22.5. The number of carbonyl (C=O) groups is 2. The Balaban J connectivity index is 2.23. The Morgan fingerprint density at radius 2 is 1.47 bits per heavy atom. The molecule has 0 aliphatic heterocycles. The lowest BCUT2D eigenvalue weighted by atomic mass is 10.0. The molecule has 0 saturated carbocycles. The first kappa shape index (κ1) is 22.7. The second kappa shape index (κ2) is 8.86. The van der Waals surface area contributed by atoms with E-state index >= 15 is 0 Å². The van der Waals surface area contributed by atoms with Crippen LogP contribution < -0.4 is 4.90 Å². The zero-order valence-corrected chi connectivity index (χ0v) is 14.9. The maximum Gasteiger partial charge on any atom is 0.416 e. The van der Waals surface area contributed by atoms with Gasteiger partial charge in [-0.2, -0.15) is 31.6 Å². The highest BCUT2D eigenvalue weighted by atomic mass is 19.4. The van der Waals surface area contributed by atoms with Crippen LogP contribution in [0.25, 0.3) is 0 Å². The van der Waals surface area contributed by atoms with Crippen molar-refractivity contribution in [1.82, 2.24) is 0 Å². The van der Waals surface area contributed by atoms with E-state index < -0.39 is 54.1 Å². The lowest BCUT2D eigenvalue weighted by Crippen LogP contribution is -2.35. The number of rotatable bonds is 5. The summed E-state index contributed by atoms with van der Waals surface area (Å²) in [5, 5.41) is 8.85. The number of hydrogen-bond donors (Lipinski definition) is 0. The molecule has 1 amide bonds. The Labute approximate surface area is 166 Å². The average molecular weight is 430 g/mol. The van der Waals surface area contributed by atoms with Gasteiger partial charge < -0.3 is 4.74 Å². The molecule has 0 radical (unpaired) electrons. The van der Waals surface area contributed by atoms with Crippen molar-refractivity contribution in [1.29, 1.82) is 5.26 Å². The zero-order valence-electron chi connectivity index (χ0n) is 14.9. The number of nitrogens with zero attached hydrogens (tertiary/aromatic N) is 2. The third-order valence-corrected chi connectivity index (χ3v) is 3.75. The van der Waals surface area contributed by atoms with E-state index in [9.17, 15) is 35.9 Å². The molecule has 11 heteroatoms. The minimum Gasteiger partial charge on any atom is -0.452 e. The van der Waals surface area contributed by atoms with Crippen LogP contribution in [0, 0.1) is 11.3 Å².